The summed E-state index contributed by atoms with van der Waals surface area (Å²) in [6.45, 7) is 5.15. The third-order valence-corrected chi connectivity index (χ3v) is 6.51. The molecule has 1 aliphatic carbocycles. The lowest BCUT2D eigenvalue weighted by Gasteiger charge is -2.23. The molecule has 1 N–H and O–H groups in total. The van der Waals surface area contributed by atoms with E-state index in [1.54, 1.807) is 4.90 Å². The molecule has 2 atom stereocenters. The minimum absolute atomic E-state index is 0.0407. The molecule has 29 heavy (non-hydrogen) atoms. The first-order valence-electron chi connectivity index (χ1n) is 10.3. The van der Waals surface area contributed by atoms with E-state index in [0.717, 1.165) is 18.4 Å². The standard InChI is InChI=1S/C22H27N3O4/c1-14(2)15-5-7-16(8-6-15)20-23-18(29-24-20)9-10-19(26)25-12-17-4-3-11-22(17,13-25)21(27)28/h5-8,14,17H,3-4,9-13H2,1-2H3,(H,27,28)/t17-,22+/m0/s1. The Hall–Kier alpha value is -2.70. The van der Waals surface area contributed by atoms with Crippen molar-refractivity contribution in [2.75, 3.05) is 13.1 Å². The zero-order valence-electron chi connectivity index (χ0n) is 16.9. The normalized spacial score (nSPS) is 23.6. The number of amides is 1. The minimum Gasteiger partial charge on any atom is -0.481 e. The van der Waals surface area contributed by atoms with Crippen LogP contribution in [0.25, 0.3) is 11.4 Å². The lowest BCUT2D eigenvalue weighted by Crippen LogP contribution is -2.37. The topological polar surface area (TPSA) is 96.5 Å². The van der Waals surface area contributed by atoms with Crippen LogP contribution in [0.2, 0.25) is 0 Å². The molecular weight excluding hydrogens is 370 g/mol. The molecule has 2 aromatic rings. The van der Waals surface area contributed by atoms with Crippen LogP contribution < -0.4 is 0 Å². The number of carboxylic acid groups (broad SMARTS) is 1. The fraction of sp³-hybridized carbons (Fsp3) is 0.545. The number of aromatic nitrogens is 2. The van der Waals surface area contributed by atoms with Crippen LogP contribution in [0.1, 0.15) is 56.9 Å². The molecule has 0 spiro atoms. The Bertz CT molecular complexity index is 905. The SMILES string of the molecule is CC(C)c1ccc(-c2noc(CCC(=O)N3C[C@@H]4CCC[C@@]4(C(=O)O)C3)n2)cc1. The number of hydrogen-bond donors (Lipinski definition) is 1. The minimum atomic E-state index is -0.764. The lowest BCUT2D eigenvalue weighted by molar-refractivity contribution is -0.149. The lowest BCUT2D eigenvalue weighted by atomic mass is 9.81. The Balaban J connectivity index is 1.35. The Morgan fingerprint density at radius 2 is 2.07 bits per heavy atom. The zero-order chi connectivity index (χ0) is 20.6. The Morgan fingerprint density at radius 1 is 1.31 bits per heavy atom. The van der Waals surface area contributed by atoms with Gasteiger partial charge < -0.3 is 14.5 Å². The number of benzene rings is 1. The van der Waals surface area contributed by atoms with Crippen molar-refractivity contribution >= 4 is 11.9 Å². The van der Waals surface area contributed by atoms with Gasteiger partial charge in [-0.25, -0.2) is 0 Å². The van der Waals surface area contributed by atoms with Crippen molar-refractivity contribution in [3.63, 3.8) is 0 Å². The maximum Gasteiger partial charge on any atom is 0.311 e. The quantitative estimate of drug-likeness (QED) is 0.801. The van der Waals surface area contributed by atoms with E-state index < -0.39 is 11.4 Å². The van der Waals surface area contributed by atoms with Gasteiger partial charge in [0.25, 0.3) is 0 Å². The number of hydrogen-bond acceptors (Lipinski definition) is 5. The fourth-order valence-corrected chi connectivity index (χ4v) is 4.69. The summed E-state index contributed by atoms with van der Waals surface area (Å²) in [4.78, 5) is 30.5. The van der Waals surface area contributed by atoms with Gasteiger partial charge in [0.2, 0.25) is 17.6 Å². The van der Waals surface area contributed by atoms with Crippen LogP contribution in [-0.4, -0.2) is 45.1 Å². The molecule has 7 heteroatoms. The monoisotopic (exact) mass is 397 g/mol. The van der Waals surface area contributed by atoms with Crippen molar-refractivity contribution in [1.82, 2.24) is 15.0 Å². The molecule has 1 aromatic heterocycles. The summed E-state index contributed by atoms with van der Waals surface area (Å²) >= 11 is 0. The smallest absolute Gasteiger partial charge is 0.311 e. The summed E-state index contributed by atoms with van der Waals surface area (Å²) in [5.41, 5.74) is 1.39. The van der Waals surface area contributed by atoms with Gasteiger partial charge >= 0.3 is 5.97 Å². The number of carbonyl (C=O) groups is 2. The summed E-state index contributed by atoms with van der Waals surface area (Å²) in [5, 5.41) is 13.7. The predicted molar refractivity (Wildman–Crippen MR) is 106 cm³/mol. The van der Waals surface area contributed by atoms with Gasteiger partial charge in [-0.1, -0.05) is 49.7 Å². The number of aryl methyl sites for hydroxylation is 1. The van der Waals surface area contributed by atoms with Crippen molar-refractivity contribution in [2.45, 2.75) is 51.9 Å². The average molecular weight is 397 g/mol. The molecule has 2 fully saturated rings. The highest BCUT2D eigenvalue weighted by atomic mass is 16.5. The molecule has 4 rings (SSSR count). The van der Waals surface area contributed by atoms with Crippen LogP contribution in [0, 0.1) is 11.3 Å². The first kappa shape index (κ1) is 19.6. The molecular formula is C22H27N3O4. The molecule has 1 saturated carbocycles. The van der Waals surface area contributed by atoms with E-state index in [1.165, 1.54) is 5.56 Å². The van der Waals surface area contributed by atoms with Crippen molar-refractivity contribution in [3.05, 3.63) is 35.7 Å². The maximum atomic E-state index is 12.6. The molecule has 1 aromatic carbocycles. The molecule has 2 aliphatic rings. The summed E-state index contributed by atoms with van der Waals surface area (Å²) in [6.07, 6.45) is 3.09. The summed E-state index contributed by atoms with van der Waals surface area (Å²) in [7, 11) is 0. The first-order valence-corrected chi connectivity index (χ1v) is 10.3. The number of carboxylic acids is 1. The molecule has 0 unspecified atom stereocenters. The first-order chi connectivity index (χ1) is 13.9. The van der Waals surface area contributed by atoms with Gasteiger partial charge in [-0.05, 0) is 30.2 Å². The van der Waals surface area contributed by atoms with Crippen molar-refractivity contribution in [1.29, 1.82) is 0 Å². The second kappa shape index (κ2) is 7.61. The van der Waals surface area contributed by atoms with Gasteiger partial charge in [0.1, 0.15) is 0 Å². The molecule has 1 saturated heterocycles. The van der Waals surface area contributed by atoms with E-state index in [4.69, 9.17) is 4.52 Å². The van der Waals surface area contributed by atoms with Crippen LogP contribution in [-0.2, 0) is 16.0 Å². The van der Waals surface area contributed by atoms with Crippen molar-refractivity contribution < 1.29 is 19.2 Å². The Kier molecular flexibility index (Phi) is 5.15. The van der Waals surface area contributed by atoms with E-state index >= 15 is 0 Å². The van der Waals surface area contributed by atoms with Gasteiger partial charge in [0.05, 0.1) is 5.41 Å². The molecule has 0 bridgehead atoms. The highest BCUT2D eigenvalue weighted by Gasteiger charge is 2.55. The second-order valence-corrected chi connectivity index (χ2v) is 8.61. The van der Waals surface area contributed by atoms with E-state index in [1.807, 2.05) is 12.1 Å². The highest BCUT2D eigenvalue weighted by Crippen LogP contribution is 2.49. The molecule has 7 nitrogen and oxygen atoms in total. The highest BCUT2D eigenvalue weighted by molar-refractivity contribution is 5.81. The van der Waals surface area contributed by atoms with Gasteiger partial charge in [0, 0.05) is 31.5 Å². The number of likely N-dealkylation sites (tertiary alicyclic amines) is 1. The summed E-state index contributed by atoms with van der Waals surface area (Å²) < 4.78 is 5.32. The Morgan fingerprint density at radius 3 is 2.72 bits per heavy atom. The van der Waals surface area contributed by atoms with E-state index in [-0.39, 0.29) is 18.2 Å². The van der Waals surface area contributed by atoms with Gasteiger partial charge in [-0.3, -0.25) is 9.59 Å². The average Bonchev–Trinajstić information content (AvgIpc) is 3.40. The third-order valence-electron chi connectivity index (χ3n) is 6.51. The molecule has 2 heterocycles. The zero-order valence-corrected chi connectivity index (χ0v) is 16.9. The Labute approximate surface area is 170 Å². The third kappa shape index (κ3) is 3.66. The van der Waals surface area contributed by atoms with Gasteiger partial charge in [0.15, 0.2) is 0 Å². The van der Waals surface area contributed by atoms with Gasteiger partial charge in [-0.2, -0.15) is 4.98 Å². The fourth-order valence-electron chi connectivity index (χ4n) is 4.69. The number of carbonyl (C=O) groups excluding carboxylic acids is 1. The van der Waals surface area contributed by atoms with Crippen LogP contribution in [0.15, 0.2) is 28.8 Å². The second-order valence-electron chi connectivity index (χ2n) is 8.61. The summed E-state index contributed by atoms with van der Waals surface area (Å²) in [5.74, 6) is 0.673. The van der Waals surface area contributed by atoms with E-state index in [9.17, 15) is 14.7 Å². The predicted octanol–water partition coefficient (Wildman–Crippen LogP) is 3.51. The maximum absolute atomic E-state index is 12.6. The number of rotatable bonds is 6. The van der Waals surface area contributed by atoms with Crippen molar-refractivity contribution in [2.24, 2.45) is 11.3 Å². The van der Waals surface area contributed by atoms with Crippen LogP contribution in [0.5, 0.6) is 0 Å². The number of aliphatic carboxylic acids is 1. The molecule has 1 amide bonds. The number of nitrogens with zero attached hydrogens (tertiary/aromatic N) is 3. The van der Waals surface area contributed by atoms with E-state index in [2.05, 4.69) is 36.1 Å². The van der Waals surface area contributed by atoms with Crippen LogP contribution in [0.4, 0.5) is 0 Å². The molecule has 154 valence electrons. The number of fused-ring (bicyclic) bond motifs is 1. The molecule has 1 aliphatic heterocycles. The largest absolute Gasteiger partial charge is 0.481 e. The van der Waals surface area contributed by atoms with Crippen molar-refractivity contribution in [3.8, 4) is 11.4 Å². The van der Waals surface area contributed by atoms with Gasteiger partial charge in [-0.15, -0.1) is 0 Å². The van der Waals surface area contributed by atoms with E-state index in [0.29, 0.717) is 43.6 Å². The van der Waals surface area contributed by atoms with Crippen LogP contribution in [0.3, 0.4) is 0 Å². The molecule has 0 radical (unpaired) electrons. The van der Waals surface area contributed by atoms with Crippen LogP contribution >= 0.6 is 0 Å². The summed E-state index contributed by atoms with van der Waals surface area (Å²) in [6, 6.07) is 8.07.